The maximum Gasteiger partial charge on any atom is 0.230 e. The Bertz CT molecular complexity index is 484. The van der Waals surface area contributed by atoms with E-state index >= 15 is 0 Å². The second-order valence-electron chi connectivity index (χ2n) is 7.54. The molecule has 3 rings (SSSR count). The summed E-state index contributed by atoms with van der Waals surface area (Å²) in [5.74, 6) is 0.240. The first-order valence-corrected chi connectivity index (χ1v) is 9.40. The maximum atomic E-state index is 13.3. The first-order chi connectivity index (χ1) is 11.5. The number of carbonyl (C=O) groups excluding carboxylic acids is 2. The van der Waals surface area contributed by atoms with Crippen molar-refractivity contribution in [2.24, 2.45) is 5.92 Å². The molecular formula is C18H31N3O3. The molecular weight excluding hydrogens is 306 g/mol. The van der Waals surface area contributed by atoms with Crippen LogP contribution in [-0.4, -0.2) is 66.2 Å². The highest BCUT2D eigenvalue weighted by molar-refractivity contribution is 5.81. The average Bonchev–Trinajstić information content (AvgIpc) is 2.59. The number of hydrogen-bond acceptors (Lipinski definition) is 4. The van der Waals surface area contributed by atoms with Gasteiger partial charge in [0.15, 0.2) is 0 Å². The Labute approximate surface area is 144 Å². The van der Waals surface area contributed by atoms with Crippen LogP contribution in [0.1, 0.15) is 52.4 Å². The van der Waals surface area contributed by atoms with E-state index in [1.807, 2.05) is 4.90 Å². The number of carbonyl (C=O) groups is 2. The summed E-state index contributed by atoms with van der Waals surface area (Å²) >= 11 is 0. The monoisotopic (exact) mass is 337 g/mol. The van der Waals surface area contributed by atoms with Gasteiger partial charge in [-0.1, -0.05) is 12.8 Å². The van der Waals surface area contributed by atoms with Crippen molar-refractivity contribution in [2.75, 3.05) is 20.2 Å². The van der Waals surface area contributed by atoms with E-state index in [1.165, 1.54) is 0 Å². The van der Waals surface area contributed by atoms with Crippen LogP contribution in [0.15, 0.2) is 0 Å². The van der Waals surface area contributed by atoms with Crippen LogP contribution in [0, 0.1) is 5.92 Å². The molecule has 0 aromatic heterocycles. The van der Waals surface area contributed by atoms with Gasteiger partial charge in [0, 0.05) is 26.6 Å². The standard InChI is InChI=1S/C18H31N3O3/c1-12-11-20(18(23)14-7-6-10-19-17(14)24-3)15-8-4-5-9-16(15)21(12)13(2)22/h12,14-17,19H,4-11H2,1-3H3/t12-,14?,15?,16?,17?/m0/s1. The number of amides is 2. The number of nitrogens with one attached hydrogen (secondary N) is 1. The van der Waals surface area contributed by atoms with E-state index in [0.717, 1.165) is 45.1 Å². The number of nitrogens with zero attached hydrogens (tertiary/aromatic N) is 2. The second-order valence-corrected chi connectivity index (χ2v) is 7.54. The summed E-state index contributed by atoms with van der Waals surface area (Å²) in [5.41, 5.74) is 0. The highest BCUT2D eigenvalue weighted by Crippen LogP contribution is 2.34. The van der Waals surface area contributed by atoms with Crippen molar-refractivity contribution in [1.82, 2.24) is 15.1 Å². The molecule has 0 radical (unpaired) electrons. The lowest BCUT2D eigenvalue weighted by atomic mass is 9.83. The number of ether oxygens (including phenoxy) is 1. The normalized spacial score (nSPS) is 37.0. The van der Waals surface area contributed by atoms with Gasteiger partial charge < -0.3 is 14.5 Å². The maximum absolute atomic E-state index is 13.3. The predicted octanol–water partition coefficient (Wildman–Crippen LogP) is 1.35. The van der Waals surface area contributed by atoms with E-state index in [-0.39, 0.29) is 42.1 Å². The molecule has 0 spiro atoms. The van der Waals surface area contributed by atoms with Gasteiger partial charge in [-0.05, 0) is 39.2 Å². The van der Waals surface area contributed by atoms with Crippen molar-refractivity contribution in [2.45, 2.75) is 76.7 Å². The molecule has 136 valence electrons. The lowest BCUT2D eigenvalue weighted by Gasteiger charge is -2.53. The minimum atomic E-state index is -0.186. The van der Waals surface area contributed by atoms with Crippen LogP contribution in [0.4, 0.5) is 0 Å². The molecule has 24 heavy (non-hydrogen) atoms. The van der Waals surface area contributed by atoms with Gasteiger partial charge in [0.1, 0.15) is 6.23 Å². The fraction of sp³-hybridized carbons (Fsp3) is 0.889. The van der Waals surface area contributed by atoms with Gasteiger partial charge in [-0.15, -0.1) is 0 Å². The lowest BCUT2D eigenvalue weighted by molar-refractivity contribution is -0.160. The molecule has 3 aliphatic rings. The summed E-state index contributed by atoms with van der Waals surface area (Å²) < 4.78 is 5.51. The molecule has 2 aliphatic heterocycles. The summed E-state index contributed by atoms with van der Waals surface area (Å²) in [5, 5.41) is 3.31. The van der Waals surface area contributed by atoms with E-state index in [4.69, 9.17) is 4.74 Å². The third-order valence-electron chi connectivity index (χ3n) is 6.01. The smallest absolute Gasteiger partial charge is 0.230 e. The summed E-state index contributed by atoms with van der Waals surface area (Å²) in [6.07, 6.45) is 6.00. The first-order valence-electron chi connectivity index (χ1n) is 9.40. The fourth-order valence-electron chi connectivity index (χ4n) is 4.99. The largest absolute Gasteiger partial charge is 0.366 e. The van der Waals surface area contributed by atoms with Gasteiger partial charge in [0.2, 0.25) is 11.8 Å². The molecule has 5 atom stereocenters. The van der Waals surface area contributed by atoms with Gasteiger partial charge in [0.05, 0.1) is 18.0 Å². The van der Waals surface area contributed by atoms with Crippen molar-refractivity contribution in [3.8, 4) is 0 Å². The zero-order chi connectivity index (χ0) is 17.3. The van der Waals surface area contributed by atoms with E-state index in [9.17, 15) is 9.59 Å². The summed E-state index contributed by atoms with van der Waals surface area (Å²) in [6, 6.07) is 0.440. The first kappa shape index (κ1) is 17.7. The van der Waals surface area contributed by atoms with Gasteiger partial charge in [-0.25, -0.2) is 0 Å². The van der Waals surface area contributed by atoms with E-state index in [2.05, 4.69) is 17.1 Å². The fourth-order valence-corrected chi connectivity index (χ4v) is 4.99. The number of fused-ring (bicyclic) bond motifs is 1. The van der Waals surface area contributed by atoms with E-state index < -0.39 is 0 Å². The van der Waals surface area contributed by atoms with Crippen molar-refractivity contribution in [3.05, 3.63) is 0 Å². The van der Waals surface area contributed by atoms with Crippen LogP contribution in [0.25, 0.3) is 0 Å². The van der Waals surface area contributed by atoms with Gasteiger partial charge in [-0.2, -0.15) is 0 Å². The SMILES string of the molecule is COC1NCCCC1C(=O)N1C[C@H](C)N(C(C)=O)C2CCCCC21. The Balaban J connectivity index is 1.81. The minimum absolute atomic E-state index is 0.0864. The van der Waals surface area contributed by atoms with E-state index in [1.54, 1.807) is 14.0 Å². The van der Waals surface area contributed by atoms with Gasteiger partial charge >= 0.3 is 0 Å². The molecule has 0 aromatic carbocycles. The van der Waals surface area contributed by atoms with Gasteiger partial charge in [0.25, 0.3) is 0 Å². The minimum Gasteiger partial charge on any atom is -0.366 e. The molecule has 0 aromatic rings. The van der Waals surface area contributed by atoms with Crippen molar-refractivity contribution < 1.29 is 14.3 Å². The molecule has 6 nitrogen and oxygen atoms in total. The summed E-state index contributed by atoms with van der Waals surface area (Å²) in [4.78, 5) is 29.5. The molecule has 3 fully saturated rings. The van der Waals surface area contributed by atoms with Crippen molar-refractivity contribution in [1.29, 1.82) is 0 Å². The Kier molecular flexibility index (Phi) is 5.45. The van der Waals surface area contributed by atoms with Crippen LogP contribution < -0.4 is 5.32 Å². The van der Waals surface area contributed by atoms with Crippen LogP contribution in [0.5, 0.6) is 0 Å². The van der Waals surface area contributed by atoms with Crippen LogP contribution in [0.3, 0.4) is 0 Å². The Morgan fingerprint density at radius 2 is 1.79 bits per heavy atom. The average molecular weight is 337 g/mol. The molecule has 1 aliphatic carbocycles. The molecule has 2 amide bonds. The summed E-state index contributed by atoms with van der Waals surface area (Å²) in [6.45, 7) is 5.28. The quantitative estimate of drug-likeness (QED) is 0.826. The second kappa shape index (κ2) is 7.40. The third-order valence-corrected chi connectivity index (χ3v) is 6.01. The topological polar surface area (TPSA) is 61.9 Å². The van der Waals surface area contributed by atoms with E-state index in [0.29, 0.717) is 6.54 Å². The highest BCUT2D eigenvalue weighted by atomic mass is 16.5. The van der Waals surface area contributed by atoms with Crippen LogP contribution in [0.2, 0.25) is 0 Å². The highest BCUT2D eigenvalue weighted by Gasteiger charge is 2.46. The van der Waals surface area contributed by atoms with Crippen LogP contribution >= 0.6 is 0 Å². The molecule has 1 N–H and O–H groups in total. The third kappa shape index (κ3) is 3.18. The van der Waals surface area contributed by atoms with Crippen molar-refractivity contribution >= 4 is 11.8 Å². The Morgan fingerprint density at radius 3 is 2.46 bits per heavy atom. The number of piperidine rings is 1. The Morgan fingerprint density at radius 1 is 1.08 bits per heavy atom. The Hall–Kier alpha value is -1.14. The zero-order valence-corrected chi connectivity index (χ0v) is 15.2. The van der Waals surface area contributed by atoms with Crippen molar-refractivity contribution in [3.63, 3.8) is 0 Å². The molecule has 2 heterocycles. The molecule has 6 heteroatoms. The number of rotatable bonds is 2. The van der Waals surface area contributed by atoms with Crippen LogP contribution in [-0.2, 0) is 14.3 Å². The molecule has 4 unspecified atom stereocenters. The lowest BCUT2D eigenvalue weighted by Crippen LogP contribution is -2.67. The predicted molar refractivity (Wildman–Crippen MR) is 91.3 cm³/mol. The summed E-state index contributed by atoms with van der Waals surface area (Å²) in [7, 11) is 1.67. The number of piperazine rings is 1. The number of methoxy groups -OCH3 is 1. The van der Waals surface area contributed by atoms with Gasteiger partial charge in [-0.3, -0.25) is 14.9 Å². The molecule has 0 bridgehead atoms. The molecule has 1 saturated carbocycles. The molecule has 2 saturated heterocycles. The zero-order valence-electron chi connectivity index (χ0n) is 15.2. The number of hydrogen-bond donors (Lipinski definition) is 1.